The zero-order valence-electron chi connectivity index (χ0n) is 40.8. The molecule has 2 aliphatic heterocycles. The molecule has 21 nitrogen and oxygen atoms in total. The van der Waals surface area contributed by atoms with Crippen LogP contribution in [0.25, 0.3) is 21.8 Å². The molecule has 4 atom stereocenters. The van der Waals surface area contributed by atoms with E-state index in [1.165, 1.54) is 55.0 Å². The molecule has 76 heavy (non-hydrogen) atoms. The van der Waals surface area contributed by atoms with Crippen molar-refractivity contribution in [3.05, 3.63) is 72.1 Å². The van der Waals surface area contributed by atoms with Crippen molar-refractivity contribution in [1.82, 2.24) is 41.0 Å². The molecule has 2 saturated heterocycles. The monoisotopic (exact) mass is 1070 g/mol. The number of aromatic nitrogens is 2. The predicted molar refractivity (Wildman–Crippen MR) is 268 cm³/mol. The molecule has 0 spiro atoms. The Balaban J connectivity index is 0.910. The summed E-state index contributed by atoms with van der Waals surface area (Å²) in [5.41, 5.74) is 0.948. The molecular formula is C49H50BF4N12O9S. The van der Waals surface area contributed by atoms with Gasteiger partial charge in [0.25, 0.3) is 23.7 Å². The van der Waals surface area contributed by atoms with E-state index in [-0.39, 0.29) is 77.6 Å². The van der Waals surface area contributed by atoms with Crippen LogP contribution in [-0.4, -0.2) is 148 Å². The number of hydrogen-bond acceptors (Lipinski definition) is 13. The molecular weight excluding hydrogens is 1020 g/mol. The van der Waals surface area contributed by atoms with Gasteiger partial charge in [-0.1, -0.05) is 18.2 Å². The maximum atomic E-state index is 13.8. The van der Waals surface area contributed by atoms with Crippen molar-refractivity contribution in [1.29, 1.82) is 10.5 Å². The van der Waals surface area contributed by atoms with E-state index < -0.39 is 132 Å². The number of carbonyl (C=O) groups excluding carboxylic acids is 9. The van der Waals surface area contributed by atoms with Gasteiger partial charge < -0.3 is 25.8 Å². The first kappa shape index (κ1) is 57.1. The summed E-state index contributed by atoms with van der Waals surface area (Å²) in [7, 11) is -1.22. The Morgan fingerprint density at radius 3 is 1.57 bits per heavy atom. The third kappa shape index (κ3) is 15.0. The number of rotatable bonds is 21. The minimum atomic E-state index is -3.23. The van der Waals surface area contributed by atoms with Crippen LogP contribution in [0.15, 0.2) is 60.9 Å². The molecule has 4 aromatic rings. The fourth-order valence-corrected chi connectivity index (χ4v) is 9.08. The normalized spacial score (nSPS) is 17.1. The average molecular weight is 1070 g/mol. The number of carbonyl (C=O) groups is 9. The molecule has 397 valence electrons. The van der Waals surface area contributed by atoms with Gasteiger partial charge >= 0.3 is 178 Å². The molecule has 2 aliphatic rings. The third-order valence-corrected chi connectivity index (χ3v) is 13.1. The van der Waals surface area contributed by atoms with Crippen LogP contribution in [0.4, 0.5) is 28.9 Å². The van der Waals surface area contributed by atoms with E-state index in [0.717, 1.165) is 9.80 Å². The summed E-state index contributed by atoms with van der Waals surface area (Å²) in [4.78, 5) is 126. The molecule has 4 heterocycles. The Labute approximate surface area is 435 Å². The van der Waals surface area contributed by atoms with Crippen molar-refractivity contribution in [3.63, 3.8) is 0 Å². The molecule has 1 radical (unpaired) electrons. The summed E-state index contributed by atoms with van der Waals surface area (Å²) in [6.07, 6.45) is 2.30. The number of nitriles is 2. The van der Waals surface area contributed by atoms with Gasteiger partial charge in [-0.25, -0.2) is 17.6 Å². The molecule has 2 aromatic carbocycles. The van der Waals surface area contributed by atoms with Gasteiger partial charge in [-0.05, 0) is 18.2 Å². The number of likely N-dealkylation sites (tertiary alicyclic amines) is 2. The number of para-hydroxylation sites is 2. The molecule has 2 fully saturated rings. The Bertz CT molecular complexity index is 3080. The minimum absolute atomic E-state index is 0.0544. The summed E-state index contributed by atoms with van der Waals surface area (Å²) < 4.78 is 55.4. The number of halogens is 4. The molecule has 0 aliphatic carbocycles. The van der Waals surface area contributed by atoms with Gasteiger partial charge in [-0.2, -0.15) is 10.5 Å². The van der Waals surface area contributed by atoms with Crippen molar-refractivity contribution in [3.8, 4) is 12.1 Å². The van der Waals surface area contributed by atoms with E-state index in [1.54, 1.807) is 24.3 Å². The SMILES string of the molecule is [B]=S(C)C(=O)C(CCCCNC(=O)CCC(=O)Nc1cccc2c(C(=O)NCC(=O)N3CC(F)(F)C[C@H]3C#N)ccnc12)NC(=O)CCC(=O)Nc1cccc2c(C(=O)NCC(=O)N3CC(F)(F)C[C@H]3C#N)ccnc12. The fourth-order valence-electron chi connectivity index (χ4n) is 8.45. The van der Waals surface area contributed by atoms with Gasteiger partial charge in [0, 0.05) is 30.6 Å². The van der Waals surface area contributed by atoms with E-state index in [0.29, 0.717) is 18.2 Å². The molecule has 8 amide bonds. The van der Waals surface area contributed by atoms with Crippen LogP contribution in [0.3, 0.4) is 0 Å². The number of amides is 8. The van der Waals surface area contributed by atoms with Crippen molar-refractivity contribution in [2.45, 2.75) is 87.8 Å². The Kier molecular flexibility index (Phi) is 19.0. The first-order valence-electron chi connectivity index (χ1n) is 23.7. The summed E-state index contributed by atoms with van der Waals surface area (Å²) >= 11 is 0. The fraction of sp³-hybridized carbons (Fsp3) is 0.408. The Morgan fingerprint density at radius 1 is 0.671 bits per heavy atom. The third-order valence-electron chi connectivity index (χ3n) is 12.2. The van der Waals surface area contributed by atoms with Gasteiger partial charge in [0.05, 0.1) is 60.6 Å². The van der Waals surface area contributed by atoms with Crippen molar-refractivity contribution in [2.24, 2.45) is 0 Å². The molecule has 6 N–H and O–H groups in total. The number of unbranched alkanes of at least 4 members (excludes halogenated alkanes) is 1. The van der Waals surface area contributed by atoms with Crippen LogP contribution in [0.1, 0.15) is 78.5 Å². The first-order valence-corrected chi connectivity index (χ1v) is 25.4. The van der Waals surface area contributed by atoms with Crippen molar-refractivity contribution >= 4 is 103 Å². The van der Waals surface area contributed by atoms with Crippen LogP contribution in [0, 0.1) is 22.7 Å². The standard InChI is InChI=1S/C49H50BF4N12O9S/c1-76(50)47(75)36(64-40(70)14-13-39(69)63-35-10-5-7-31-33(16-19-59-44(31)35)46(74)61-25-42(72)66-27-49(53,54)21-29(66)23-56)8-2-3-17-57-37(67)11-12-38(68)62-34-9-4-6-30-32(15-18-58-43(30)34)45(73)60-24-41(71)65-26-48(51,52)20-28(65)22-55/h4-7,9-10,15-16,18-19,28-29,36H,2-3,8,11-14,17,20-21,24-27H2,1H3,(H,57,67)(H,60,73)(H,61,74)(H,62,68)(H,63,69)(H,64,70)/t28-,29-,36?,76?/m0/s1. The van der Waals surface area contributed by atoms with Gasteiger partial charge in [0.2, 0.25) is 11.8 Å². The van der Waals surface area contributed by atoms with Crippen LogP contribution >= 0.6 is 10.3 Å². The number of anilines is 2. The second-order valence-electron chi connectivity index (χ2n) is 17.9. The van der Waals surface area contributed by atoms with E-state index in [9.17, 15) is 71.2 Å². The number of benzene rings is 2. The molecule has 27 heteroatoms. The van der Waals surface area contributed by atoms with Crippen LogP contribution in [0.5, 0.6) is 0 Å². The zero-order valence-corrected chi connectivity index (χ0v) is 41.6. The topological polar surface area (TPSA) is 306 Å². The molecule has 2 unspecified atom stereocenters. The summed E-state index contributed by atoms with van der Waals surface area (Å²) in [6.45, 7) is 2.88. The maximum absolute atomic E-state index is 13.8. The van der Waals surface area contributed by atoms with E-state index in [4.69, 9.17) is 6.72 Å². The summed E-state index contributed by atoms with van der Waals surface area (Å²) in [5.74, 6) is -11.8. The predicted octanol–water partition coefficient (Wildman–Crippen LogP) is 3.18. The number of alkyl halides is 4. The number of fused-ring (bicyclic) bond motifs is 2. The number of nitrogens with zero attached hydrogens (tertiary/aromatic N) is 6. The molecule has 0 saturated carbocycles. The van der Waals surface area contributed by atoms with Gasteiger partial charge in [-0.3, -0.25) is 29.0 Å². The zero-order chi connectivity index (χ0) is 55.3. The van der Waals surface area contributed by atoms with Crippen LogP contribution < -0.4 is 31.9 Å². The van der Waals surface area contributed by atoms with E-state index in [1.807, 2.05) is 0 Å². The second kappa shape index (κ2) is 25.4. The Morgan fingerprint density at radius 2 is 1.12 bits per heavy atom. The van der Waals surface area contributed by atoms with E-state index in [2.05, 4.69) is 41.9 Å². The molecule has 0 bridgehead atoms. The number of pyridine rings is 2. The quantitative estimate of drug-likeness (QED) is 0.0398. The first-order chi connectivity index (χ1) is 36.1. The Hall–Kier alpha value is -8.20. The number of hydrogen-bond donors (Lipinski definition) is 6. The van der Waals surface area contributed by atoms with Crippen molar-refractivity contribution < 1.29 is 60.7 Å². The second-order valence-corrected chi connectivity index (χ2v) is 19.4. The van der Waals surface area contributed by atoms with Crippen LogP contribution in [0.2, 0.25) is 0 Å². The van der Waals surface area contributed by atoms with Crippen LogP contribution in [-0.2, 0) is 33.6 Å². The average Bonchev–Trinajstić information content (AvgIpc) is 3.90. The summed E-state index contributed by atoms with van der Waals surface area (Å²) in [6, 6.07) is 11.6. The molecule has 6 rings (SSSR count). The summed E-state index contributed by atoms with van der Waals surface area (Å²) in [5, 5.41) is 34.0. The number of nitrogens with one attached hydrogen (secondary N) is 6. The molecule has 2 aromatic heterocycles. The van der Waals surface area contributed by atoms with E-state index >= 15 is 0 Å². The van der Waals surface area contributed by atoms with Gasteiger partial charge in [0.1, 0.15) is 12.1 Å². The van der Waals surface area contributed by atoms with Gasteiger partial charge in [-0.15, -0.1) is 0 Å². The van der Waals surface area contributed by atoms with Crippen molar-refractivity contribution in [2.75, 3.05) is 49.6 Å². The van der Waals surface area contributed by atoms with Gasteiger partial charge in [0.15, 0.2) is 0 Å².